The van der Waals surface area contributed by atoms with E-state index in [2.05, 4.69) is 0 Å². The Balaban J connectivity index is 0.000000289. The maximum Gasteiger partial charge on any atom is 0.147 e. The van der Waals surface area contributed by atoms with Crippen LogP contribution in [0.2, 0.25) is 0 Å². The number of rotatable bonds is 1. The molecule has 1 radical (unpaired) electrons. The summed E-state index contributed by atoms with van der Waals surface area (Å²) in [5.41, 5.74) is 0.427. The minimum atomic E-state index is -1.05. The van der Waals surface area contributed by atoms with Crippen molar-refractivity contribution < 1.29 is 43.8 Å². The fourth-order valence-electron chi connectivity index (χ4n) is 2.18. The first-order valence-corrected chi connectivity index (χ1v) is 7.44. The molecule has 8 heteroatoms. The van der Waals surface area contributed by atoms with Crippen LogP contribution in [0.3, 0.4) is 0 Å². The molecular formula is C20H11CoF5NO-. The molecular weight excluding hydrogens is 424 g/mol. The summed E-state index contributed by atoms with van der Waals surface area (Å²) in [6, 6.07) is 11.2. The van der Waals surface area contributed by atoms with Gasteiger partial charge < -0.3 is 5.11 Å². The topological polar surface area (TPSA) is 44.0 Å². The molecule has 28 heavy (non-hydrogen) atoms. The van der Waals surface area contributed by atoms with E-state index in [1.807, 2.05) is 6.07 Å². The summed E-state index contributed by atoms with van der Waals surface area (Å²) in [6.45, 7) is 1.74. The minimum Gasteiger partial charge on any atom is -0.508 e. The molecule has 3 aromatic rings. The van der Waals surface area contributed by atoms with Gasteiger partial charge in [0.2, 0.25) is 0 Å². The maximum absolute atomic E-state index is 13.5. The fourth-order valence-corrected chi connectivity index (χ4v) is 2.18. The largest absolute Gasteiger partial charge is 0.508 e. The van der Waals surface area contributed by atoms with Crippen LogP contribution >= 0.6 is 0 Å². The molecule has 0 heterocycles. The zero-order valence-corrected chi connectivity index (χ0v) is 15.2. The molecule has 0 saturated heterocycles. The van der Waals surface area contributed by atoms with Gasteiger partial charge in [-0.25, -0.2) is 22.0 Å². The van der Waals surface area contributed by atoms with Crippen molar-refractivity contribution in [2.75, 3.05) is 0 Å². The second-order valence-electron chi connectivity index (χ2n) is 5.44. The van der Waals surface area contributed by atoms with Crippen molar-refractivity contribution in [1.29, 1.82) is 5.26 Å². The van der Waals surface area contributed by atoms with Crippen molar-refractivity contribution in [3.63, 3.8) is 0 Å². The van der Waals surface area contributed by atoms with Gasteiger partial charge in [-0.1, -0.05) is 12.1 Å². The molecule has 0 aliphatic heterocycles. The van der Waals surface area contributed by atoms with E-state index in [0.29, 0.717) is 12.1 Å². The Kier molecular flexibility index (Phi) is 8.16. The number of aromatic hydroxyl groups is 1. The van der Waals surface area contributed by atoms with Gasteiger partial charge in [0.1, 0.15) is 34.8 Å². The Morgan fingerprint density at radius 1 is 0.857 bits per heavy atom. The third-order valence-electron chi connectivity index (χ3n) is 3.38. The van der Waals surface area contributed by atoms with E-state index in [9.17, 15) is 22.0 Å². The van der Waals surface area contributed by atoms with E-state index in [1.165, 1.54) is 18.2 Å². The molecule has 0 aliphatic rings. The second-order valence-corrected chi connectivity index (χ2v) is 5.44. The van der Waals surface area contributed by atoms with Gasteiger partial charge in [0, 0.05) is 40.5 Å². The minimum absolute atomic E-state index is 0. The zero-order chi connectivity index (χ0) is 20.1. The van der Waals surface area contributed by atoms with Gasteiger partial charge in [-0.15, -0.1) is 23.8 Å². The molecule has 3 aromatic carbocycles. The van der Waals surface area contributed by atoms with Crippen LogP contribution in [0.4, 0.5) is 22.0 Å². The van der Waals surface area contributed by atoms with Crippen molar-refractivity contribution in [2.24, 2.45) is 0 Å². The van der Waals surface area contributed by atoms with E-state index in [1.54, 1.807) is 13.0 Å². The van der Waals surface area contributed by atoms with Crippen LogP contribution in [0.1, 0.15) is 11.1 Å². The van der Waals surface area contributed by atoms with Crippen molar-refractivity contribution in [1.82, 2.24) is 0 Å². The summed E-state index contributed by atoms with van der Waals surface area (Å²) in [6.07, 6.45) is 0. The average molecular weight is 435 g/mol. The van der Waals surface area contributed by atoms with E-state index in [4.69, 9.17) is 10.4 Å². The van der Waals surface area contributed by atoms with Gasteiger partial charge in [-0.05, 0) is 24.1 Å². The van der Waals surface area contributed by atoms with Crippen LogP contribution in [0.15, 0.2) is 42.5 Å². The van der Waals surface area contributed by atoms with Gasteiger partial charge in [0.05, 0.1) is 0 Å². The Morgan fingerprint density at radius 3 is 1.86 bits per heavy atom. The van der Waals surface area contributed by atoms with Crippen LogP contribution < -0.4 is 0 Å². The van der Waals surface area contributed by atoms with Crippen molar-refractivity contribution >= 4 is 0 Å². The molecule has 3 rings (SSSR count). The Labute approximate surface area is 168 Å². The molecule has 0 saturated carbocycles. The molecule has 1 N–H and O–H groups in total. The van der Waals surface area contributed by atoms with Crippen molar-refractivity contribution in [2.45, 2.75) is 6.92 Å². The molecule has 0 spiro atoms. The first-order valence-electron chi connectivity index (χ1n) is 7.44. The number of aryl methyl sites for hydroxylation is 1. The van der Waals surface area contributed by atoms with E-state index >= 15 is 0 Å². The maximum atomic E-state index is 13.5. The molecule has 0 aliphatic carbocycles. The third kappa shape index (κ3) is 5.80. The molecule has 0 fully saturated rings. The summed E-state index contributed by atoms with van der Waals surface area (Å²) in [5, 5.41) is 16.8. The smallest absolute Gasteiger partial charge is 0.147 e. The SMILES string of the molecule is Cc1ccc(-c2cc(F)[c-]c(F)c2)c(F)c1.N#Cc1c(F)cc(O)cc1F.[Co]. The number of nitriles is 1. The van der Waals surface area contributed by atoms with Gasteiger partial charge >= 0.3 is 0 Å². The molecule has 0 atom stereocenters. The fraction of sp³-hybridized carbons (Fsp3) is 0.0500. The number of phenolic OH excluding ortho intramolecular Hbond substituents is 1. The summed E-state index contributed by atoms with van der Waals surface area (Å²) in [5.74, 6) is -4.80. The zero-order valence-electron chi connectivity index (χ0n) is 14.2. The molecule has 0 amide bonds. The monoisotopic (exact) mass is 435 g/mol. The van der Waals surface area contributed by atoms with Crippen LogP contribution in [0, 0.1) is 53.4 Å². The van der Waals surface area contributed by atoms with Crippen LogP contribution in [-0.4, -0.2) is 5.11 Å². The van der Waals surface area contributed by atoms with E-state index < -0.39 is 40.4 Å². The number of benzene rings is 3. The number of hydrogen-bond donors (Lipinski definition) is 1. The van der Waals surface area contributed by atoms with Crippen molar-refractivity contribution in [3.05, 3.63) is 88.7 Å². The van der Waals surface area contributed by atoms with Crippen molar-refractivity contribution in [3.8, 4) is 22.9 Å². The summed E-state index contributed by atoms with van der Waals surface area (Å²) < 4.78 is 64.3. The summed E-state index contributed by atoms with van der Waals surface area (Å²) in [4.78, 5) is 0. The molecule has 2 nitrogen and oxygen atoms in total. The number of halogens is 5. The Morgan fingerprint density at radius 2 is 1.39 bits per heavy atom. The number of nitrogens with zero attached hydrogens (tertiary/aromatic N) is 1. The standard InChI is InChI=1S/C13H8F3.C7H3F2NO.Co/c1-8-2-3-12(13(16)4-8)9-5-10(14)7-11(15)6-9;8-6-1-4(11)2-7(9)5(6)3-10;/h2-6H,1H3;1-2,11H;/q-1;;. The average Bonchev–Trinajstić information content (AvgIpc) is 2.54. The first kappa shape index (κ1) is 23.1. The number of phenols is 1. The Hall–Kier alpha value is -2.89. The van der Waals surface area contributed by atoms with Gasteiger partial charge in [-0.3, -0.25) is 0 Å². The first-order chi connectivity index (χ1) is 12.7. The van der Waals surface area contributed by atoms with Crippen LogP contribution in [0.5, 0.6) is 5.75 Å². The van der Waals surface area contributed by atoms with Gasteiger partial charge in [-0.2, -0.15) is 5.26 Å². The normalized spacial score (nSPS) is 9.61. The second kappa shape index (κ2) is 9.87. The molecule has 0 bridgehead atoms. The predicted molar refractivity (Wildman–Crippen MR) is 88.1 cm³/mol. The number of hydrogen-bond acceptors (Lipinski definition) is 2. The Bertz CT molecular complexity index is 990. The molecule has 0 unspecified atom stereocenters. The van der Waals surface area contributed by atoms with E-state index in [0.717, 1.165) is 17.7 Å². The van der Waals surface area contributed by atoms with Gasteiger partial charge in [0.25, 0.3) is 0 Å². The van der Waals surface area contributed by atoms with E-state index in [-0.39, 0.29) is 27.9 Å². The van der Waals surface area contributed by atoms with Crippen LogP contribution in [-0.2, 0) is 16.8 Å². The summed E-state index contributed by atoms with van der Waals surface area (Å²) in [7, 11) is 0. The quantitative estimate of drug-likeness (QED) is 0.410. The molecule has 0 aromatic heterocycles. The summed E-state index contributed by atoms with van der Waals surface area (Å²) >= 11 is 0. The van der Waals surface area contributed by atoms with Gasteiger partial charge in [0.15, 0.2) is 0 Å². The predicted octanol–water partition coefficient (Wildman–Crippen LogP) is 5.42. The van der Waals surface area contributed by atoms with Crippen LogP contribution in [0.25, 0.3) is 11.1 Å². The third-order valence-corrected chi connectivity index (χ3v) is 3.38. The molecule has 147 valence electrons.